The average molecular weight is 265 g/mol. The lowest BCUT2D eigenvalue weighted by molar-refractivity contribution is -0.122. The molecule has 1 aliphatic rings. The lowest BCUT2D eigenvalue weighted by atomic mass is 9.85. The minimum atomic E-state index is 0. The van der Waals surface area contributed by atoms with Gasteiger partial charge in [0, 0.05) is 20.1 Å². The number of halogens is 1. The Morgan fingerprint density at radius 2 is 2.35 bits per heavy atom. The first-order valence-electron chi connectivity index (χ1n) is 6.20. The second-order valence-corrected chi connectivity index (χ2v) is 4.63. The van der Waals surface area contributed by atoms with E-state index in [1.807, 2.05) is 0 Å². The van der Waals surface area contributed by atoms with Crippen molar-refractivity contribution in [1.82, 2.24) is 10.6 Å². The molecule has 2 atom stereocenters. The third-order valence-electron chi connectivity index (χ3n) is 3.28. The Kier molecular flexibility index (Phi) is 9.50. The standard InChI is InChI=1S/C12H24N2O2.ClH/c1-10(11-4-3-5-13-9-11)8-12(15)14-6-7-16-2;/h10-11,13H,3-9H2,1-2H3,(H,14,15);1H. The molecule has 4 nitrogen and oxygen atoms in total. The van der Waals surface area contributed by atoms with Crippen molar-refractivity contribution in [2.24, 2.45) is 11.8 Å². The van der Waals surface area contributed by atoms with Gasteiger partial charge in [-0.25, -0.2) is 0 Å². The molecule has 102 valence electrons. The minimum Gasteiger partial charge on any atom is -0.383 e. The van der Waals surface area contributed by atoms with Gasteiger partial charge < -0.3 is 15.4 Å². The van der Waals surface area contributed by atoms with Crippen molar-refractivity contribution in [2.75, 3.05) is 33.4 Å². The van der Waals surface area contributed by atoms with Gasteiger partial charge in [0.2, 0.25) is 5.91 Å². The molecule has 0 aliphatic carbocycles. The fraction of sp³-hybridized carbons (Fsp3) is 0.917. The summed E-state index contributed by atoms with van der Waals surface area (Å²) < 4.78 is 4.89. The van der Waals surface area contributed by atoms with Crippen LogP contribution in [0.25, 0.3) is 0 Å². The summed E-state index contributed by atoms with van der Waals surface area (Å²) in [4.78, 5) is 11.6. The number of amides is 1. The van der Waals surface area contributed by atoms with E-state index in [0.29, 0.717) is 31.4 Å². The van der Waals surface area contributed by atoms with Gasteiger partial charge in [0.15, 0.2) is 0 Å². The van der Waals surface area contributed by atoms with Crippen LogP contribution in [0.3, 0.4) is 0 Å². The zero-order chi connectivity index (χ0) is 11.8. The van der Waals surface area contributed by atoms with E-state index in [1.165, 1.54) is 12.8 Å². The molecule has 1 rings (SSSR count). The highest BCUT2D eigenvalue weighted by atomic mass is 35.5. The van der Waals surface area contributed by atoms with Crippen LogP contribution in [-0.2, 0) is 9.53 Å². The van der Waals surface area contributed by atoms with Gasteiger partial charge in [-0.15, -0.1) is 12.4 Å². The summed E-state index contributed by atoms with van der Waals surface area (Å²) in [5.41, 5.74) is 0. The zero-order valence-electron chi connectivity index (χ0n) is 10.8. The molecule has 0 radical (unpaired) electrons. The molecule has 1 saturated heterocycles. The first-order valence-corrected chi connectivity index (χ1v) is 6.20. The molecular weight excluding hydrogens is 240 g/mol. The van der Waals surface area contributed by atoms with Gasteiger partial charge >= 0.3 is 0 Å². The molecule has 0 aromatic heterocycles. The van der Waals surface area contributed by atoms with Gasteiger partial charge in [-0.2, -0.15) is 0 Å². The molecule has 1 aliphatic heterocycles. The molecule has 0 spiro atoms. The van der Waals surface area contributed by atoms with Crippen LogP contribution in [0.4, 0.5) is 0 Å². The average Bonchev–Trinajstić information content (AvgIpc) is 2.30. The normalized spacial score (nSPS) is 21.4. The van der Waals surface area contributed by atoms with Gasteiger partial charge in [0.25, 0.3) is 0 Å². The Bertz CT molecular complexity index is 209. The Morgan fingerprint density at radius 3 is 2.94 bits per heavy atom. The molecule has 0 bridgehead atoms. The zero-order valence-corrected chi connectivity index (χ0v) is 11.6. The van der Waals surface area contributed by atoms with E-state index in [0.717, 1.165) is 13.1 Å². The van der Waals surface area contributed by atoms with Crippen LogP contribution >= 0.6 is 12.4 Å². The van der Waals surface area contributed by atoms with Gasteiger partial charge in [-0.3, -0.25) is 4.79 Å². The van der Waals surface area contributed by atoms with E-state index < -0.39 is 0 Å². The van der Waals surface area contributed by atoms with Crippen molar-refractivity contribution in [3.05, 3.63) is 0 Å². The van der Waals surface area contributed by atoms with E-state index in [1.54, 1.807) is 7.11 Å². The molecule has 2 unspecified atom stereocenters. The summed E-state index contributed by atoms with van der Waals surface area (Å²) in [7, 11) is 1.64. The predicted molar refractivity (Wildman–Crippen MR) is 71.5 cm³/mol. The lowest BCUT2D eigenvalue weighted by Gasteiger charge is -2.28. The Morgan fingerprint density at radius 1 is 1.59 bits per heavy atom. The van der Waals surface area contributed by atoms with Crippen LogP contribution in [0.1, 0.15) is 26.2 Å². The second-order valence-electron chi connectivity index (χ2n) is 4.63. The van der Waals surface area contributed by atoms with Crippen LogP contribution in [0.2, 0.25) is 0 Å². The molecule has 1 heterocycles. The van der Waals surface area contributed by atoms with Crippen LogP contribution in [0.15, 0.2) is 0 Å². The number of rotatable bonds is 6. The lowest BCUT2D eigenvalue weighted by Crippen LogP contribution is -2.36. The summed E-state index contributed by atoms with van der Waals surface area (Å²) in [6.07, 6.45) is 3.12. The summed E-state index contributed by atoms with van der Waals surface area (Å²) in [5, 5.41) is 6.26. The maximum absolute atomic E-state index is 11.6. The summed E-state index contributed by atoms with van der Waals surface area (Å²) in [6.45, 7) is 5.57. The van der Waals surface area contributed by atoms with E-state index in [-0.39, 0.29) is 18.3 Å². The maximum atomic E-state index is 11.6. The molecule has 0 aromatic carbocycles. The monoisotopic (exact) mass is 264 g/mol. The van der Waals surface area contributed by atoms with Crippen LogP contribution in [-0.4, -0.2) is 39.3 Å². The van der Waals surface area contributed by atoms with Gasteiger partial charge in [-0.05, 0) is 37.8 Å². The van der Waals surface area contributed by atoms with E-state index in [4.69, 9.17) is 4.74 Å². The number of carbonyl (C=O) groups excluding carboxylic acids is 1. The molecule has 2 N–H and O–H groups in total. The Labute approximate surface area is 110 Å². The minimum absolute atomic E-state index is 0. The highest BCUT2D eigenvalue weighted by molar-refractivity contribution is 5.85. The van der Waals surface area contributed by atoms with Crippen molar-refractivity contribution in [3.8, 4) is 0 Å². The van der Waals surface area contributed by atoms with E-state index in [2.05, 4.69) is 17.6 Å². The first kappa shape index (κ1) is 16.7. The van der Waals surface area contributed by atoms with Gasteiger partial charge in [-0.1, -0.05) is 6.92 Å². The fourth-order valence-electron chi connectivity index (χ4n) is 2.19. The first-order chi connectivity index (χ1) is 7.74. The number of ether oxygens (including phenoxy) is 1. The molecule has 1 amide bonds. The number of methoxy groups -OCH3 is 1. The van der Waals surface area contributed by atoms with Crippen molar-refractivity contribution >= 4 is 18.3 Å². The highest BCUT2D eigenvalue weighted by Crippen LogP contribution is 2.22. The van der Waals surface area contributed by atoms with Crippen molar-refractivity contribution in [1.29, 1.82) is 0 Å². The largest absolute Gasteiger partial charge is 0.383 e. The molecule has 0 aromatic rings. The predicted octanol–water partition coefficient (Wildman–Crippen LogP) is 1.20. The van der Waals surface area contributed by atoms with Gasteiger partial charge in [0.05, 0.1) is 6.61 Å². The van der Waals surface area contributed by atoms with Crippen molar-refractivity contribution in [2.45, 2.75) is 26.2 Å². The number of nitrogens with one attached hydrogen (secondary N) is 2. The SMILES string of the molecule is COCCNC(=O)CC(C)C1CCCNC1.Cl. The van der Waals surface area contributed by atoms with E-state index >= 15 is 0 Å². The number of hydrogen-bond acceptors (Lipinski definition) is 3. The Hall–Kier alpha value is -0.320. The smallest absolute Gasteiger partial charge is 0.220 e. The van der Waals surface area contributed by atoms with Crippen LogP contribution in [0.5, 0.6) is 0 Å². The number of hydrogen-bond donors (Lipinski definition) is 2. The quantitative estimate of drug-likeness (QED) is 0.709. The maximum Gasteiger partial charge on any atom is 0.220 e. The molecule has 1 fully saturated rings. The molecule has 5 heteroatoms. The molecular formula is C12H25ClN2O2. The molecule has 17 heavy (non-hydrogen) atoms. The van der Waals surface area contributed by atoms with Crippen LogP contribution < -0.4 is 10.6 Å². The van der Waals surface area contributed by atoms with Crippen molar-refractivity contribution < 1.29 is 9.53 Å². The topological polar surface area (TPSA) is 50.4 Å². The highest BCUT2D eigenvalue weighted by Gasteiger charge is 2.21. The van der Waals surface area contributed by atoms with E-state index in [9.17, 15) is 4.79 Å². The molecule has 0 saturated carbocycles. The van der Waals surface area contributed by atoms with Crippen molar-refractivity contribution in [3.63, 3.8) is 0 Å². The fourth-order valence-corrected chi connectivity index (χ4v) is 2.19. The van der Waals surface area contributed by atoms with Gasteiger partial charge in [0.1, 0.15) is 0 Å². The Balaban J connectivity index is 0.00000256. The summed E-state index contributed by atoms with van der Waals surface area (Å²) in [5.74, 6) is 1.27. The summed E-state index contributed by atoms with van der Waals surface area (Å²) in [6, 6.07) is 0. The third kappa shape index (κ3) is 6.86. The third-order valence-corrected chi connectivity index (χ3v) is 3.28. The number of carbonyl (C=O) groups is 1. The second kappa shape index (κ2) is 9.68. The summed E-state index contributed by atoms with van der Waals surface area (Å²) >= 11 is 0. The number of piperidine rings is 1. The van der Waals surface area contributed by atoms with Crippen LogP contribution in [0, 0.1) is 11.8 Å².